The van der Waals surface area contributed by atoms with Gasteiger partial charge in [0.2, 0.25) is 0 Å². The first-order chi connectivity index (χ1) is 11.2. The first-order valence-corrected chi connectivity index (χ1v) is 7.10. The molecule has 7 heteroatoms. The smallest absolute Gasteiger partial charge is 0.137 e. The Morgan fingerprint density at radius 2 is 1.88 bits per heavy atom. The van der Waals surface area contributed by atoms with Gasteiger partial charge in [0.15, 0.2) is 0 Å². The maximum Gasteiger partial charge on any atom is 0.137 e. The van der Waals surface area contributed by atoms with Gasteiger partial charge in [0.25, 0.3) is 0 Å². The summed E-state index contributed by atoms with van der Waals surface area (Å²) in [5, 5.41) is 0. The van der Waals surface area contributed by atoms with Crippen LogP contribution in [0.1, 0.15) is 0 Å². The molecule has 0 spiro atoms. The molecule has 0 aliphatic rings. The number of anilines is 1. The monoisotopic (exact) mass is 390 g/mol. The molecule has 6 nitrogen and oxygen atoms in total. The fourth-order valence-electron chi connectivity index (χ4n) is 2.62. The van der Waals surface area contributed by atoms with Gasteiger partial charge in [0, 0.05) is 61.8 Å². The number of imidazole rings is 1. The molecular weight excluding hydrogens is 377 g/mol. The van der Waals surface area contributed by atoms with Crippen LogP contribution in [0.15, 0.2) is 60.9 Å². The van der Waals surface area contributed by atoms with Crippen LogP contribution in [0.3, 0.4) is 0 Å². The summed E-state index contributed by atoms with van der Waals surface area (Å²) >= 11 is 0. The molecule has 0 bridgehead atoms. The summed E-state index contributed by atoms with van der Waals surface area (Å²) < 4.78 is 1.96. The molecule has 3 aromatic heterocycles. The van der Waals surface area contributed by atoms with Crippen molar-refractivity contribution in [2.24, 2.45) is 0 Å². The number of hydrogen-bond acceptors (Lipinski definition) is 4. The molecule has 0 saturated carbocycles. The number of hydrogen-bond donors (Lipinski definition) is 1. The van der Waals surface area contributed by atoms with Crippen molar-refractivity contribution in [2.75, 3.05) is 5.73 Å². The van der Waals surface area contributed by atoms with Gasteiger partial charge in [-0.25, -0.2) is 4.98 Å². The maximum absolute atomic E-state index is 7.68. The number of pyridine rings is 1. The van der Waals surface area contributed by atoms with E-state index in [2.05, 4.69) is 9.97 Å². The number of fused-ring (bicyclic) bond motifs is 1. The second-order valence-electron chi connectivity index (χ2n) is 5.13. The third-order valence-corrected chi connectivity index (χ3v) is 3.59. The Morgan fingerprint density at radius 3 is 2.67 bits per heavy atom. The van der Waals surface area contributed by atoms with Crippen molar-refractivity contribution >= 4 is 17.3 Å². The number of nitrogen functional groups attached to an aromatic ring is 1. The Morgan fingerprint density at radius 1 is 1.00 bits per heavy atom. The van der Waals surface area contributed by atoms with Crippen LogP contribution in [0.4, 0.5) is 11.6 Å². The molecule has 0 fully saturated rings. The van der Waals surface area contributed by atoms with Crippen LogP contribution in [0.2, 0.25) is 0 Å². The standard InChI is InChI=1S/C17H13N6.Y/c18-12-5-3-4-11(10-12)15-16(13-7-8-20-17(19)21-13)23-9-2-1-6-14(23)22-15;/h1-10H,18H2,(H-,19,20,21);/q-1;. The molecular formula is C17H13N6Y-. The van der Waals surface area contributed by atoms with Crippen molar-refractivity contribution in [1.29, 1.82) is 0 Å². The van der Waals surface area contributed by atoms with Crippen LogP contribution in [-0.4, -0.2) is 19.4 Å². The molecule has 0 unspecified atom stereocenters. The molecule has 0 aliphatic heterocycles. The number of nitrogens with two attached hydrogens (primary N) is 1. The quantitative estimate of drug-likeness (QED) is 0.528. The summed E-state index contributed by atoms with van der Waals surface area (Å²) in [4.78, 5) is 12.8. The van der Waals surface area contributed by atoms with Crippen molar-refractivity contribution in [3.05, 3.63) is 66.7 Å². The van der Waals surface area contributed by atoms with Gasteiger partial charge in [-0.05, 0) is 36.5 Å². The molecule has 0 saturated heterocycles. The van der Waals surface area contributed by atoms with Gasteiger partial charge in [0.05, 0.1) is 11.4 Å². The van der Waals surface area contributed by atoms with Gasteiger partial charge >= 0.3 is 0 Å². The number of nitrogens with zero attached hydrogens (tertiary/aromatic N) is 4. The number of nitrogens with one attached hydrogen (secondary N) is 1. The fourth-order valence-corrected chi connectivity index (χ4v) is 2.62. The third kappa shape index (κ3) is 2.90. The number of rotatable bonds is 2. The zero-order chi connectivity index (χ0) is 15.8. The summed E-state index contributed by atoms with van der Waals surface area (Å²) in [5.74, 6) is -0.0214. The van der Waals surface area contributed by atoms with E-state index in [-0.39, 0.29) is 38.7 Å². The Hall–Kier alpha value is -2.31. The molecule has 0 aliphatic carbocycles. The molecule has 0 amide bonds. The van der Waals surface area contributed by atoms with Crippen LogP contribution in [0, 0.1) is 0 Å². The Balaban J connectivity index is 0.00000169. The van der Waals surface area contributed by atoms with E-state index >= 15 is 0 Å². The predicted molar refractivity (Wildman–Crippen MR) is 90.0 cm³/mol. The zero-order valence-corrected chi connectivity index (χ0v) is 15.6. The normalized spacial score (nSPS) is 10.5. The second-order valence-corrected chi connectivity index (χ2v) is 5.13. The number of aromatic nitrogens is 4. The number of benzene rings is 1. The van der Waals surface area contributed by atoms with Crippen LogP contribution in [0.25, 0.3) is 34.0 Å². The van der Waals surface area contributed by atoms with Crippen molar-refractivity contribution in [3.8, 4) is 22.6 Å². The Kier molecular flexibility index (Phi) is 4.60. The van der Waals surface area contributed by atoms with Gasteiger partial charge in [-0.15, -0.1) is 0 Å². The minimum absolute atomic E-state index is 0. The Labute approximate surface area is 163 Å². The molecule has 3 N–H and O–H groups in total. The topological polar surface area (TPSA) is 92.9 Å². The van der Waals surface area contributed by atoms with E-state index in [4.69, 9.17) is 16.5 Å². The van der Waals surface area contributed by atoms with Crippen molar-refractivity contribution in [1.82, 2.24) is 19.4 Å². The van der Waals surface area contributed by atoms with Gasteiger partial charge < -0.3 is 21.4 Å². The van der Waals surface area contributed by atoms with Gasteiger partial charge in [-0.1, -0.05) is 18.2 Å². The zero-order valence-electron chi connectivity index (χ0n) is 12.7. The first kappa shape index (κ1) is 16.5. The molecule has 24 heavy (non-hydrogen) atoms. The van der Waals surface area contributed by atoms with Gasteiger partial charge in [-0.2, -0.15) is 0 Å². The van der Waals surface area contributed by atoms with E-state index in [1.54, 1.807) is 12.3 Å². The maximum atomic E-state index is 7.68. The molecule has 115 valence electrons. The van der Waals surface area contributed by atoms with Crippen molar-refractivity contribution in [3.63, 3.8) is 0 Å². The van der Waals surface area contributed by atoms with Crippen molar-refractivity contribution < 1.29 is 32.7 Å². The molecule has 3 heterocycles. The van der Waals surface area contributed by atoms with E-state index in [0.29, 0.717) is 11.4 Å². The summed E-state index contributed by atoms with van der Waals surface area (Å²) in [7, 11) is 0. The third-order valence-electron chi connectivity index (χ3n) is 3.59. The van der Waals surface area contributed by atoms with E-state index in [0.717, 1.165) is 22.6 Å². The van der Waals surface area contributed by atoms with Crippen LogP contribution in [0.5, 0.6) is 0 Å². The molecule has 1 aromatic carbocycles. The van der Waals surface area contributed by atoms with E-state index in [1.165, 1.54) is 0 Å². The van der Waals surface area contributed by atoms with Gasteiger partial charge in [-0.3, -0.25) is 4.40 Å². The summed E-state index contributed by atoms with van der Waals surface area (Å²) in [6.45, 7) is 0. The predicted octanol–water partition coefficient (Wildman–Crippen LogP) is 3.72. The molecule has 4 rings (SSSR count). The van der Waals surface area contributed by atoms with Crippen LogP contribution in [-0.2, 0) is 32.7 Å². The van der Waals surface area contributed by atoms with E-state index in [9.17, 15) is 0 Å². The summed E-state index contributed by atoms with van der Waals surface area (Å²) in [5.41, 5.74) is 18.2. The first-order valence-electron chi connectivity index (χ1n) is 7.10. The van der Waals surface area contributed by atoms with E-state index < -0.39 is 0 Å². The summed E-state index contributed by atoms with van der Waals surface area (Å²) in [6.07, 6.45) is 3.51. The average molecular weight is 390 g/mol. The van der Waals surface area contributed by atoms with Crippen molar-refractivity contribution in [2.45, 2.75) is 0 Å². The minimum Gasteiger partial charge on any atom is -0.410 e. The van der Waals surface area contributed by atoms with Crippen LogP contribution < -0.4 is 5.73 Å². The molecule has 1 radical (unpaired) electrons. The Bertz CT molecular complexity index is 1010. The molecule has 0 atom stereocenters. The van der Waals surface area contributed by atoms with Crippen LogP contribution >= 0.6 is 0 Å². The second kappa shape index (κ2) is 6.67. The minimum atomic E-state index is -0.0214. The fraction of sp³-hybridized carbons (Fsp3) is 0. The largest absolute Gasteiger partial charge is 0.410 e. The summed E-state index contributed by atoms with van der Waals surface area (Å²) in [6, 6.07) is 15.2. The molecule has 4 aromatic rings. The van der Waals surface area contributed by atoms with Gasteiger partial charge in [0.1, 0.15) is 5.65 Å². The van der Waals surface area contributed by atoms with E-state index in [1.807, 2.05) is 53.1 Å². The average Bonchev–Trinajstić information content (AvgIpc) is 2.94. The SMILES string of the molecule is [NH-]c1nccc(-c2c(-c3cccc(N)c3)nc3ccccn23)n1.[Y].